The number of hydrogen-bond donors (Lipinski definition) is 0. The van der Waals surface area contributed by atoms with Crippen LogP contribution in [0.25, 0.3) is 11.0 Å². The van der Waals surface area contributed by atoms with Crippen LogP contribution in [0.4, 0.5) is 4.39 Å². The summed E-state index contributed by atoms with van der Waals surface area (Å²) in [7, 11) is 0. The van der Waals surface area contributed by atoms with Gasteiger partial charge in [0.05, 0.1) is 17.1 Å². The summed E-state index contributed by atoms with van der Waals surface area (Å²) in [6, 6.07) is 7.97. The van der Waals surface area contributed by atoms with Gasteiger partial charge in [-0.25, -0.2) is 9.37 Å². The van der Waals surface area contributed by atoms with Crippen LogP contribution in [0.1, 0.15) is 31.1 Å². The lowest BCUT2D eigenvalue weighted by Gasteiger charge is -2.17. The Morgan fingerprint density at radius 3 is 2.88 bits per heavy atom. The first-order chi connectivity index (χ1) is 7.77. The number of halogens is 1. The highest BCUT2D eigenvalue weighted by molar-refractivity contribution is 5.76. The highest BCUT2D eigenvalue weighted by Gasteiger charge is 2.30. The molecule has 3 heteroatoms. The van der Waals surface area contributed by atoms with Crippen molar-refractivity contribution in [1.29, 1.82) is 0 Å². The van der Waals surface area contributed by atoms with Crippen LogP contribution < -0.4 is 0 Å². The first-order valence-electron chi connectivity index (χ1n) is 5.85. The van der Waals surface area contributed by atoms with Gasteiger partial charge in [0.2, 0.25) is 0 Å². The first-order valence-corrected chi connectivity index (χ1v) is 5.85. The Labute approximate surface area is 94.1 Å². The topological polar surface area (TPSA) is 17.8 Å². The molecule has 2 aromatic rings. The van der Waals surface area contributed by atoms with Gasteiger partial charge in [-0.3, -0.25) is 0 Å². The van der Waals surface area contributed by atoms with Crippen LogP contribution in [-0.4, -0.2) is 15.7 Å². The predicted molar refractivity (Wildman–Crippen MR) is 62.3 cm³/mol. The molecule has 0 radical (unpaired) electrons. The highest BCUT2D eigenvalue weighted by atomic mass is 19.1. The fraction of sp³-hybridized carbons (Fsp3) is 0.462. The van der Waals surface area contributed by atoms with Gasteiger partial charge in [0.25, 0.3) is 0 Å². The molecule has 3 rings (SSSR count). The van der Waals surface area contributed by atoms with E-state index in [0.717, 1.165) is 29.7 Å². The van der Waals surface area contributed by atoms with Gasteiger partial charge < -0.3 is 4.57 Å². The van der Waals surface area contributed by atoms with Crippen molar-refractivity contribution in [3.8, 4) is 0 Å². The molecule has 0 spiro atoms. The summed E-state index contributed by atoms with van der Waals surface area (Å²) in [5.41, 5.74) is 2.04. The van der Waals surface area contributed by atoms with Gasteiger partial charge in [0, 0.05) is 0 Å². The summed E-state index contributed by atoms with van der Waals surface area (Å²) in [5, 5.41) is 0. The SMILES string of the molecule is Cc1nc2ccccc2n1[C@@H]1CCC[C@H]1F. The third kappa shape index (κ3) is 1.34. The maximum Gasteiger partial charge on any atom is 0.121 e. The summed E-state index contributed by atoms with van der Waals surface area (Å²) in [6.07, 6.45) is 1.90. The number of para-hydroxylation sites is 2. The molecule has 16 heavy (non-hydrogen) atoms. The Hall–Kier alpha value is -1.38. The van der Waals surface area contributed by atoms with Crippen LogP contribution in [0, 0.1) is 6.92 Å². The lowest BCUT2D eigenvalue weighted by atomic mass is 10.2. The van der Waals surface area contributed by atoms with Gasteiger partial charge >= 0.3 is 0 Å². The Balaban J connectivity index is 2.18. The maximum atomic E-state index is 13.8. The standard InChI is InChI=1S/C13H15FN2/c1-9-15-11-6-2-3-7-13(11)16(9)12-8-4-5-10(12)14/h2-3,6-7,10,12H,4-5,8H2,1H3/t10-,12-/m1/s1. The van der Waals surface area contributed by atoms with Gasteiger partial charge in [0.1, 0.15) is 12.0 Å². The molecule has 2 nitrogen and oxygen atoms in total. The first kappa shape index (κ1) is 9.82. The van der Waals surface area contributed by atoms with Crippen molar-refractivity contribution in [2.24, 2.45) is 0 Å². The van der Waals surface area contributed by atoms with Crippen molar-refractivity contribution < 1.29 is 4.39 Å². The van der Waals surface area contributed by atoms with Gasteiger partial charge in [-0.2, -0.15) is 0 Å². The van der Waals surface area contributed by atoms with E-state index < -0.39 is 6.17 Å². The molecule has 1 aliphatic rings. The number of aromatic nitrogens is 2. The van der Waals surface area contributed by atoms with Gasteiger partial charge in [0.15, 0.2) is 0 Å². The Morgan fingerprint density at radius 1 is 1.31 bits per heavy atom. The van der Waals surface area contributed by atoms with E-state index >= 15 is 0 Å². The fourth-order valence-electron chi connectivity index (χ4n) is 2.77. The molecule has 1 heterocycles. The van der Waals surface area contributed by atoms with Gasteiger partial charge in [-0.15, -0.1) is 0 Å². The van der Waals surface area contributed by atoms with E-state index in [1.807, 2.05) is 31.2 Å². The monoisotopic (exact) mass is 218 g/mol. The zero-order chi connectivity index (χ0) is 11.1. The molecule has 0 N–H and O–H groups in total. The van der Waals surface area contributed by atoms with E-state index in [4.69, 9.17) is 0 Å². The van der Waals surface area contributed by atoms with Crippen LogP contribution in [0.15, 0.2) is 24.3 Å². The van der Waals surface area contributed by atoms with Gasteiger partial charge in [-0.05, 0) is 38.3 Å². The zero-order valence-corrected chi connectivity index (χ0v) is 9.36. The lowest BCUT2D eigenvalue weighted by Crippen LogP contribution is -2.15. The normalized spacial score (nSPS) is 25.4. The van der Waals surface area contributed by atoms with Crippen LogP contribution in [0.2, 0.25) is 0 Å². The van der Waals surface area contributed by atoms with Crippen molar-refractivity contribution in [1.82, 2.24) is 9.55 Å². The molecule has 0 bridgehead atoms. The quantitative estimate of drug-likeness (QED) is 0.717. The maximum absolute atomic E-state index is 13.8. The Bertz CT molecular complexity index is 518. The van der Waals surface area contributed by atoms with E-state index in [0.29, 0.717) is 6.42 Å². The third-order valence-electron chi connectivity index (χ3n) is 3.50. The second-order valence-electron chi connectivity index (χ2n) is 4.53. The zero-order valence-electron chi connectivity index (χ0n) is 9.36. The molecule has 1 saturated carbocycles. The predicted octanol–water partition coefficient (Wildman–Crippen LogP) is 3.41. The molecule has 0 aliphatic heterocycles. The summed E-state index contributed by atoms with van der Waals surface area (Å²) < 4.78 is 15.9. The molecule has 0 saturated heterocycles. The Morgan fingerprint density at radius 2 is 2.12 bits per heavy atom. The minimum Gasteiger partial charge on any atom is -0.322 e. The number of imidazole rings is 1. The molecule has 1 aromatic carbocycles. The number of alkyl halides is 1. The number of benzene rings is 1. The molecule has 1 aromatic heterocycles. The fourth-order valence-corrected chi connectivity index (χ4v) is 2.77. The third-order valence-corrected chi connectivity index (χ3v) is 3.50. The second-order valence-corrected chi connectivity index (χ2v) is 4.53. The van der Waals surface area contributed by atoms with E-state index in [2.05, 4.69) is 9.55 Å². The summed E-state index contributed by atoms with van der Waals surface area (Å²) in [6.45, 7) is 1.96. The van der Waals surface area contributed by atoms with Crippen molar-refractivity contribution in [3.63, 3.8) is 0 Å². The van der Waals surface area contributed by atoms with Crippen LogP contribution in [-0.2, 0) is 0 Å². The molecule has 0 amide bonds. The minimum absolute atomic E-state index is 0.00704. The van der Waals surface area contributed by atoms with E-state index in [1.54, 1.807) is 0 Å². The lowest BCUT2D eigenvalue weighted by molar-refractivity contribution is 0.264. The van der Waals surface area contributed by atoms with Crippen molar-refractivity contribution >= 4 is 11.0 Å². The number of hydrogen-bond acceptors (Lipinski definition) is 1. The summed E-state index contributed by atoms with van der Waals surface area (Å²) in [4.78, 5) is 4.49. The molecular formula is C13H15FN2. The van der Waals surface area contributed by atoms with Crippen LogP contribution in [0.5, 0.6) is 0 Å². The Kier molecular flexibility index (Phi) is 2.20. The minimum atomic E-state index is -0.712. The number of nitrogens with zero attached hydrogens (tertiary/aromatic N) is 2. The van der Waals surface area contributed by atoms with Crippen molar-refractivity contribution in [2.45, 2.75) is 38.4 Å². The molecule has 84 valence electrons. The van der Waals surface area contributed by atoms with Crippen molar-refractivity contribution in [3.05, 3.63) is 30.1 Å². The number of aryl methyl sites for hydroxylation is 1. The van der Waals surface area contributed by atoms with E-state index in [9.17, 15) is 4.39 Å². The van der Waals surface area contributed by atoms with Crippen LogP contribution >= 0.6 is 0 Å². The average Bonchev–Trinajstić information content (AvgIpc) is 2.81. The van der Waals surface area contributed by atoms with Gasteiger partial charge in [-0.1, -0.05) is 12.1 Å². The van der Waals surface area contributed by atoms with Crippen LogP contribution in [0.3, 0.4) is 0 Å². The van der Waals surface area contributed by atoms with E-state index in [1.165, 1.54) is 0 Å². The number of rotatable bonds is 1. The molecule has 2 atom stereocenters. The molecule has 1 fully saturated rings. The van der Waals surface area contributed by atoms with Crippen molar-refractivity contribution in [2.75, 3.05) is 0 Å². The summed E-state index contributed by atoms with van der Waals surface area (Å²) in [5.74, 6) is 0.927. The summed E-state index contributed by atoms with van der Waals surface area (Å²) >= 11 is 0. The molecule has 0 unspecified atom stereocenters. The number of fused-ring (bicyclic) bond motifs is 1. The highest BCUT2D eigenvalue weighted by Crippen LogP contribution is 2.35. The average molecular weight is 218 g/mol. The molecular weight excluding hydrogens is 203 g/mol. The molecule has 1 aliphatic carbocycles. The largest absolute Gasteiger partial charge is 0.322 e. The second kappa shape index (κ2) is 3.58. The smallest absolute Gasteiger partial charge is 0.121 e. The van der Waals surface area contributed by atoms with E-state index in [-0.39, 0.29) is 6.04 Å².